The van der Waals surface area contributed by atoms with E-state index in [-0.39, 0.29) is 5.97 Å². The summed E-state index contributed by atoms with van der Waals surface area (Å²) < 4.78 is 4.89. The first-order valence-electron chi connectivity index (χ1n) is 5.34. The van der Waals surface area contributed by atoms with E-state index in [2.05, 4.69) is 10.3 Å². The van der Waals surface area contributed by atoms with Crippen LogP contribution in [0.15, 0.2) is 30.5 Å². The van der Waals surface area contributed by atoms with Gasteiger partial charge in [-0.2, -0.15) is 0 Å². The first kappa shape index (κ1) is 12.9. The summed E-state index contributed by atoms with van der Waals surface area (Å²) in [5.41, 5.74) is 0.865. The Morgan fingerprint density at radius 3 is 2.83 bits per heavy atom. The molecule has 0 unspecified atom stereocenters. The summed E-state index contributed by atoms with van der Waals surface area (Å²) in [5.74, 6) is -0.348. The van der Waals surface area contributed by atoms with Crippen molar-refractivity contribution in [1.29, 1.82) is 0 Å². The number of rotatable bonds is 4. The summed E-state index contributed by atoms with van der Waals surface area (Å²) in [6, 6.07) is 7.25. The SMILES string of the molecule is CCOC(=O)c1cnc(Nc2ccc(Cl)cc2)s1. The first-order valence-corrected chi connectivity index (χ1v) is 6.54. The van der Waals surface area contributed by atoms with Gasteiger partial charge in [0, 0.05) is 10.7 Å². The third-order valence-electron chi connectivity index (χ3n) is 2.08. The molecule has 18 heavy (non-hydrogen) atoms. The number of hydrogen-bond donors (Lipinski definition) is 1. The third kappa shape index (κ3) is 3.21. The highest BCUT2D eigenvalue weighted by molar-refractivity contribution is 7.17. The number of nitrogens with one attached hydrogen (secondary N) is 1. The molecule has 0 fully saturated rings. The molecule has 1 aromatic carbocycles. The quantitative estimate of drug-likeness (QED) is 0.869. The van der Waals surface area contributed by atoms with Gasteiger partial charge in [0.2, 0.25) is 0 Å². The molecule has 0 aliphatic heterocycles. The lowest BCUT2D eigenvalue weighted by Crippen LogP contribution is -2.01. The van der Waals surface area contributed by atoms with Crippen molar-refractivity contribution in [1.82, 2.24) is 4.98 Å². The summed E-state index contributed by atoms with van der Waals surface area (Å²) in [6.45, 7) is 2.13. The van der Waals surface area contributed by atoms with Crippen molar-refractivity contribution in [2.75, 3.05) is 11.9 Å². The fourth-order valence-electron chi connectivity index (χ4n) is 1.29. The molecule has 0 amide bonds. The smallest absolute Gasteiger partial charge is 0.350 e. The van der Waals surface area contributed by atoms with Crippen molar-refractivity contribution in [2.45, 2.75) is 6.92 Å². The van der Waals surface area contributed by atoms with E-state index in [1.807, 2.05) is 12.1 Å². The maximum atomic E-state index is 11.5. The summed E-state index contributed by atoms with van der Waals surface area (Å²) in [7, 11) is 0. The minimum Gasteiger partial charge on any atom is -0.462 e. The zero-order valence-electron chi connectivity index (χ0n) is 9.64. The molecule has 0 saturated carbocycles. The maximum absolute atomic E-state index is 11.5. The van der Waals surface area contributed by atoms with E-state index in [0.29, 0.717) is 21.6 Å². The van der Waals surface area contributed by atoms with Crippen LogP contribution in [-0.2, 0) is 4.74 Å². The monoisotopic (exact) mass is 282 g/mol. The minimum absolute atomic E-state index is 0.348. The Bertz CT molecular complexity index is 539. The number of hydrogen-bond acceptors (Lipinski definition) is 5. The lowest BCUT2D eigenvalue weighted by molar-refractivity contribution is 0.0532. The predicted molar refractivity (Wildman–Crippen MR) is 72.8 cm³/mol. The standard InChI is InChI=1S/C12H11ClN2O2S/c1-2-17-11(16)10-7-14-12(18-10)15-9-5-3-8(13)4-6-9/h3-7H,2H2,1H3,(H,14,15). The molecule has 2 aromatic rings. The number of halogens is 1. The van der Waals surface area contributed by atoms with Crippen LogP contribution >= 0.6 is 22.9 Å². The number of benzene rings is 1. The lowest BCUT2D eigenvalue weighted by Gasteiger charge is -2.01. The summed E-state index contributed by atoms with van der Waals surface area (Å²) in [5, 5.41) is 4.40. The Morgan fingerprint density at radius 2 is 2.17 bits per heavy atom. The number of carbonyl (C=O) groups is 1. The average molecular weight is 283 g/mol. The minimum atomic E-state index is -0.348. The van der Waals surface area contributed by atoms with Gasteiger partial charge in [-0.15, -0.1) is 0 Å². The Labute approximate surface area is 114 Å². The van der Waals surface area contributed by atoms with Gasteiger partial charge >= 0.3 is 5.97 Å². The van der Waals surface area contributed by atoms with Gasteiger partial charge in [0.1, 0.15) is 4.88 Å². The van der Waals surface area contributed by atoms with Gasteiger partial charge in [-0.25, -0.2) is 9.78 Å². The van der Waals surface area contributed by atoms with Crippen molar-refractivity contribution in [3.8, 4) is 0 Å². The normalized spacial score (nSPS) is 10.1. The number of esters is 1. The van der Waals surface area contributed by atoms with Crippen molar-refractivity contribution in [3.05, 3.63) is 40.4 Å². The van der Waals surface area contributed by atoms with Gasteiger partial charge in [-0.1, -0.05) is 22.9 Å². The van der Waals surface area contributed by atoms with Gasteiger partial charge in [-0.3, -0.25) is 0 Å². The Morgan fingerprint density at radius 1 is 1.44 bits per heavy atom. The van der Waals surface area contributed by atoms with Crippen LogP contribution in [0, 0.1) is 0 Å². The van der Waals surface area contributed by atoms with Crippen molar-refractivity contribution in [3.63, 3.8) is 0 Å². The van der Waals surface area contributed by atoms with Gasteiger partial charge in [0.15, 0.2) is 5.13 Å². The molecule has 0 radical (unpaired) electrons. The van der Waals surface area contributed by atoms with E-state index in [9.17, 15) is 4.79 Å². The number of aromatic nitrogens is 1. The molecule has 2 rings (SSSR count). The second-order valence-corrected chi connectivity index (χ2v) is 4.85. The molecule has 0 spiro atoms. The van der Waals surface area contributed by atoms with Crippen LogP contribution < -0.4 is 5.32 Å². The molecule has 0 aliphatic rings. The van der Waals surface area contributed by atoms with Gasteiger partial charge in [-0.05, 0) is 31.2 Å². The molecule has 0 aliphatic carbocycles. The average Bonchev–Trinajstić information content (AvgIpc) is 2.81. The van der Waals surface area contributed by atoms with Crippen LogP contribution in [0.3, 0.4) is 0 Å². The summed E-state index contributed by atoms with van der Waals surface area (Å²) >= 11 is 7.04. The molecular formula is C12H11ClN2O2S. The van der Waals surface area contributed by atoms with Gasteiger partial charge in [0.25, 0.3) is 0 Å². The summed E-state index contributed by atoms with van der Waals surface area (Å²) in [4.78, 5) is 16.0. The van der Waals surface area contributed by atoms with E-state index in [4.69, 9.17) is 16.3 Å². The van der Waals surface area contributed by atoms with E-state index < -0.39 is 0 Å². The van der Waals surface area contributed by atoms with Crippen LogP contribution in [-0.4, -0.2) is 17.6 Å². The van der Waals surface area contributed by atoms with E-state index in [1.54, 1.807) is 19.1 Å². The highest BCUT2D eigenvalue weighted by Crippen LogP contribution is 2.23. The molecule has 6 heteroatoms. The van der Waals surface area contributed by atoms with Gasteiger partial charge < -0.3 is 10.1 Å². The van der Waals surface area contributed by atoms with Crippen LogP contribution in [0.25, 0.3) is 0 Å². The van der Waals surface area contributed by atoms with Crippen molar-refractivity contribution < 1.29 is 9.53 Å². The topological polar surface area (TPSA) is 51.2 Å². The molecular weight excluding hydrogens is 272 g/mol. The third-order valence-corrected chi connectivity index (χ3v) is 3.22. The fraction of sp³-hybridized carbons (Fsp3) is 0.167. The lowest BCUT2D eigenvalue weighted by atomic mass is 10.3. The zero-order chi connectivity index (χ0) is 13.0. The van der Waals surface area contributed by atoms with E-state index >= 15 is 0 Å². The molecule has 94 valence electrons. The largest absolute Gasteiger partial charge is 0.462 e. The predicted octanol–water partition coefficient (Wildman–Crippen LogP) is 3.72. The van der Waals surface area contributed by atoms with Crippen LogP contribution in [0.2, 0.25) is 5.02 Å². The molecule has 1 aromatic heterocycles. The number of nitrogens with zero attached hydrogens (tertiary/aromatic N) is 1. The molecule has 0 atom stereocenters. The Kier molecular flexibility index (Phi) is 4.17. The number of carbonyl (C=O) groups excluding carboxylic acids is 1. The summed E-state index contributed by atoms with van der Waals surface area (Å²) in [6.07, 6.45) is 1.50. The molecule has 4 nitrogen and oxygen atoms in total. The highest BCUT2D eigenvalue weighted by Gasteiger charge is 2.11. The van der Waals surface area contributed by atoms with E-state index in [0.717, 1.165) is 5.69 Å². The van der Waals surface area contributed by atoms with Crippen molar-refractivity contribution in [2.24, 2.45) is 0 Å². The second-order valence-electron chi connectivity index (χ2n) is 3.38. The first-order chi connectivity index (χ1) is 8.69. The second kappa shape index (κ2) is 5.84. The maximum Gasteiger partial charge on any atom is 0.350 e. The molecule has 0 bridgehead atoms. The van der Waals surface area contributed by atoms with Crippen LogP contribution in [0.4, 0.5) is 10.8 Å². The molecule has 1 N–H and O–H groups in total. The van der Waals surface area contributed by atoms with Gasteiger partial charge in [0.05, 0.1) is 12.8 Å². The Hall–Kier alpha value is -1.59. The van der Waals surface area contributed by atoms with Crippen LogP contribution in [0.1, 0.15) is 16.6 Å². The van der Waals surface area contributed by atoms with Crippen molar-refractivity contribution >= 4 is 39.7 Å². The fourth-order valence-corrected chi connectivity index (χ4v) is 2.14. The molecule has 1 heterocycles. The zero-order valence-corrected chi connectivity index (χ0v) is 11.2. The number of thiazole rings is 1. The van der Waals surface area contributed by atoms with E-state index in [1.165, 1.54) is 17.5 Å². The van der Waals surface area contributed by atoms with Crippen LogP contribution in [0.5, 0.6) is 0 Å². The molecule has 0 saturated heterocycles. The Balaban J connectivity index is 2.06. The highest BCUT2D eigenvalue weighted by atomic mass is 35.5. The number of ether oxygens (including phenoxy) is 1. The number of anilines is 2.